The van der Waals surface area contributed by atoms with Gasteiger partial charge in [0.1, 0.15) is 0 Å². The molecular formula is C25H33N3O3. The van der Waals surface area contributed by atoms with E-state index in [4.69, 9.17) is 9.47 Å². The van der Waals surface area contributed by atoms with E-state index in [-0.39, 0.29) is 11.9 Å². The highest BCUT2D eigenvalue weighted by molar-refractivity contribution is 5.79. The molecule has 4 rings (SSSR count). The van der Waals surface area contributed by atoms with Crippen LogP contribution in [-0.4, -0.2) is 74.1 Å². The first-order chi connectivity index (χ1) is 15.2. The molecule has 2 heterocycles. The molecule has 2 aliphatic rings. The van der Waals surface area contributed by atoms with Crippen LogP contribution in [0.3, 0.4) is 0 Å². The number of carbonyl (C=O) groups is 1. The summed E-state index contributed by atoms with van der Waals surface area (Å²) in [6, 6.07) is 16.7. The number of methoxy groups -OCH3 is 2. The molecule has 2 aromatic rings. The van der Waals surface area contributed by atoms with Gasteiger partial charge < -0.3 is 14.4 Å². The predicted octanol–water partition coefficient (Wildman–Crippen LogP) is 3.19. The summed E-state index contributed by atoms with van der Waals surface area (Å²) in [5.41, 5.74) is 2.47. The maximum absolute atomic E-state index is 13.2. The minimum Gasteiger partial charge on any atom is -0.493 e. The van der Waals surface area contributed by atoms with Gasteiger partial charge in [-0.2, -0.15) is 0 Å². The summed E-state index contributed by atoms with van der Waals surface area (Å²) >= 11 is 0. The number of benzene rings is 2. The molecule has 0 aliphatic carbocycles. The van der Waals surface area contributed by atoms with Gasteiger partial charge in [-0.1, -0.05) is 36.4 Å². The summed E-state index contributed by atoms with van der Waals surface area (Å²) in [7, 11) is 3.29. The molecule has 166 valence electrons. The quantitative estimate of drug-likeness (QED) is 0.685. The molecule has 2 fully saturated rings. The standard InChI is InChI=1S/C25H33N3O3/c1-30-23-11-10-21(17-24(23)31-2)22-9-6-12-28(22)25(29)19-27-15-13-26(14-16-27)18-20-7-4-3-5-8-20/h3-5,7-8,10-11,17,22H,6,9,12-16,18-19H2,1-2H3. The molecule has 2 aliphatic heterocycles. The Hall–Kier alpha value is -2.57. The van der Waals surface area contributed by atoms with Crippen molar-refractivity contribution in [2.75, 3.05) is 53.5 Å². The molecule has 0 radical (unpaired) electrons. The highest BCUT2D eigenvalue weighted by atomic mass is 16.5. The van der Waals surface area contributed by atoms with E-state index >= 15 is 0 Å². The SMILES string of the molecule is COc1ccc(C2CCCN2C(=O)CN2CCN(Cc3ccccc3)CC2)cc1OC. The third kappa shape index (κ3) is 5.20. The molecule has 0 spiro atoms. The summed E-state index contributed by atoms with van der Waals surface area (Å²) in [5, 5.41) is 0. The van der Waals surface area contributed by atoms with Crippen LogP contribution in [0.2, 0.25) is 0 Å². The number of nitrogens with zero attached hydrogens (tertiary/aromatic N) is 3. The number of rotatable bonds is 7. The largest absolute Gasteiger partial charge is 0.493 e. The van der Waals surface area contributed by atoms with Crippen LogP contribution >= 0.6 is 0 Å². The zero-order chi connectivity index (χ0) is 21.6. The van der Waals surface area contributed by atoms with E-state index in [9.17, 15) is 4.79 Å². The number of likely N-dealkylation sites (tertiary alicyclic amines) is 1. The fourth-order valence-electron chi connectivity index (χ4n) is 4.70. The Kier molecular flexibility index (Phi) is 7.10. The minimum absolute atomic E-state index is 0.117. The molecule has 2 aromatic carbocycles. The Morgan fingerprint density at radius 2 is 1.61 bits per heavy atom. The van der Waals surface area contributed by atoms with Crippen molar-refractivity contribution in [3.8, 4) is 11.5 Å². The van der Waals surface area contributed by atoms with Crippen molar-refractivity contribution in [2.45, 2.75) is 25.4 Å². The number of ether oxygens (including phenoxy) is 2. The summed E-state index contributed by atoms with van der Waals surface area (Å²) in [6.07, 6.45) is 2.03. The Bertz CT molecular complexity index is 866. The van der Waals surface area contributed by atoms with Gasteiger partial charge in [0, 0.05) is 39.3 Å². The van der Waals surface area contributed by atoms with E-state index in [2.05, 4.69) is 51.1 Å². The first-order valence-corrected chi connectivity index (χ1v) is 11.2. The van der Waals surface area contributed by atoms with Crippen molar-refractivity contribution in [3.05, 3.63) is 59.7 Å². The van der Waals surface area contributed by atoms with Crippen LogP contribution in [0.4, 0.5) is 0 Å². The second-order valence-electron chi connectivity index (χ2n) is 8.40. The highest BCUT2D eigenvalue weighted by Gasteiger charge is 2.31. The summed E-state index contributed by atoms with van der Waals surface area (Å²) in [4.78, 5) is 20.0. The lowest BCUT2D eigenvalue weighted by Crippen LogP contribution is -2.49. The van der Waals surface area contributed by atoms with E-state index < -0.39 is 0 Å². The van der Waals surface area contributed by atoms with E-state index in [0.29, 0.717) is 12.3 Å². The van der Waals surface area contributed by atoms with Crippen LogP contribution in [0.1, 0.15) is 30.0 Å². The summed E-state index contributed by atoms with van der Waals surface area (Å²) in [5.74, 6) is 1.66. The van der Waals surface area contributed by atoms with Crippen LogP contribution in [0.15, 0.2) is 48.5 Å². The third-order valence-electron chi connectivity index (χ3n) is 6.44. The summed E-state index contributed by atoms with van der Waals surface area (Å²) < 4.78 is 10.8. The molecule has 2 saturated heterocycles. The van der Waals surface area contributed by atoms with Crippen LogP contribution in [0.5, 0.6) is 11.5 Å². The fourth-order valence-corrected chi connectivity index (χ4v) is 4.70. The zero-order valence-corrected chi connectivity index (χ0v) is 18.6. The zero-order valence-electron chi connectivity index (χ0n) is 18.6. The monoisotopic (exact) mass is 423 g/mol. The molecule has 31 heavy (non-hydrogen) atoms. The van der Waals surface area contributed by atoms with Gasteiger partial charge in [0.05, 0.1) is 26.8 Å². The van der Waals surface area contributed by atoms with Crippen molar-refractivity contribution < 1.29 is 14.3 Å². The van der Waals surface area contributed by atoms with E-state index in [1.165, 1.54) is 5.56 Å². The van der Waals surface area contributed by atoms with Gasteiger partial charge in [0.2, 0.25) is 5.91 Å². The second-order valence-corrected chi connectivity index (χ2v) is 8.40. The van der Waals surface area contributed by atoms with E-state index in [0.717, 1.165) is 63.4 Å². The molecule has 1 atom stereocenters. The molecular weight excluding hydrogens is 390 g/mol. The van der Waals surface area contributed by atoms with Gasteiger partial charge in [-0.25, -0.2) is 0 Å². The molecule has 1 unspecified atom stereocenters. The second kappa shape index (κ2) is 10.2. The number of carbonyl (C=O) groups excluding carboxylic acids is 1. The first kappa shape index (κ1) is 21.7. The van der Waals surface area contributed by atoms with Crippen LogP contribution in [0, 0.1) is 0 Å². The summed E-state index contributed by atoms with van der Waals surface area (Å²) in [6.45, 7) is 6.19. The average molecular weight is 424 g/mol. The van der Waals surface area contributed by atoms with Gasteiger partial charge in [-0.3, -0.25) is 14.6 Å². The predicted molar refractivity (Wildman–Crippen MR) is 121 cm³/mol. The maximum Gasteiger partial charge on any atom is 0.237 e. The maximum atomic E-state index is 13.2. The average Bonchev–Trinajstić information content (AvgIpc) is 3.31. The Balaban J connectivity index is 1.32. The number of hydrogen-bond acceptors (Lipinski definition) is 5. The molecule has 0 bridgehead atoms. The molecule has 6 nitrogen and oxygen atoms in total. The van der Waals surface area contributed by atoms with Gasteiger partial charge in [-0.15, -0.1) is 0 Å². The van der Waals surface area contributed by atoms with Crippen molar-refractivity contribution in [3.63, 3.8) is 0 Å². The van der Waals surface area contributed by atoms with Crippen molar-refractivity contribution in [1.82, 2.24) is 14.7 Å². The lowest BCUT2D eigenvalue weighted by atomic mass is 10.0. The molecule has 0 saturated carbocycles. The van der Waals surface area contributed by atoms with Crippen molar-refractivity contribution in [2.24, 2.45) is 0 Å². The Morgan fingerprint density at radius 1 is 0.903 bits per heavy atom. The normalized spacial score (nSPS) is 20.1. The Labute approximate surface area is 185 Å². The van der Waals surface area contributed by atoms with Gasteiger partial charge in [0.15, 0.2) is 11.5 Å². The third-order valence-corrected chi connectivity index (χ3v) is 6.44. The molecule has 0 aromatic heterocycles. The number of piperazine rings is 1. The highest BCUT2D eigenvalue weighted by Crippen LogP contribution is 2.37. The van der Waals surface area contributed by atoms with Gasteiger partial charge in [-0.05, 0) is 36.1 Å². The van der Waals surface area contributed by atoms with Crippen molar-refractivity contribution in [1.29, 1.82) is 0 Å². The van der Waals surface area contributed by atoms with Crippen molar-refractivity contribution >= 4 is 5.91 Å². The lowest BCUT2D eigenvalue weighted by molar-refractivity contribution is -0.133. The molecule has 6 heteroatoms. The minimum atomic E-state index is 0.117. The van der Waals surface area contributed by atoms with Gasteiger partial charge >= 0.3 is 0 Å². The number of hydrogen-bond donors (Lipinski definition) is 0. The van der Waals surface area contributed by atoms with Crippen LogP contribution in [0.25, 0.3) is 0 Å². The molecule has 1 amide bonds. The van der Waals surface area contributed by atoms with E-state index in [1.54, 1.807) is 14.2 Å². The Morgan fingerprint density at radius 3 is 2.32 bits per heavy atom. The first-order valence-electron chi connectivity index (χ1n) is 11.2. The van der Waals surface area contributed by atoms with Crippen LogP contribution < -0.4 is 9.47 Å². The van der Waals surface area contributed by atoms with Crippen LogP contribution in [-0.2, 0) is 11.3 Å². The number of amides is 1. The fraction of sp³-hybridized carbons (Fsp3) is 0.480. The van der Waals surface area contributed by atoms with Gasteiger partial charge in [0.25, 0.3) is 0 Å². The van der Waals surface area contributed by atoms with E-state index in [1.807, 2.05) is 12.1 Å². The molecule has 0 N–H and O–H groups in total. The smallest absolute Gasteiger partial charge is 0.237 e. The topological polar surface area (TPSA) is 45.2 Å². The lowest BCUT2D eigenvalue weighted by Gasteiger charge is -2.35.